The molecule has 0 radical (unpaired) electrons. The van der Waals surface area contributed by atoms with Crippen molar-refractivity contribution >= 4 is 33.0 Å². The Hall–Kier alpha value is -2.75. The maximum absolute atomic E-state index is 12.3. The summed E-state index contributed by atoms with van der Waals surface area (Å²) in [5.74, 6) is 0.139. The van der Waals surface area contributed by atoms with Gasteiger partial charge in [-0.15, -0.1) is 11.3 Å². The number of aryl methyl sites for hydroxylation is 2. The predicted molar refractivity (Wildman–Crippen MR) is 118 cm³/mol. The van der Waals surface area contributed by atoms with Crippen LogP contribution >= 0.6 is 11.3 Å². The standard InChI is InChI=1S/C21H23N3O4S2/c1-14-10-18(30(26,27)24(3)4)8-9-20(14)28-12-21(25)23-17-7-5-6-16(11-17)19-13-29-15(2)22-19/h5-11,13H,12H2,1-4H3,(H,23,25). The van der Waals surface area contributed by atoms with Crippen molar-refractivity contribution in [1.29, 1.82) is 0 Å². The minimum atomic E-state index is -3.52. The van der Waals surface area contributed by atoms with Gasteiger partial charge in [-0.3, -0.25) is 4.79 Å². The molecule has 0 fully saturated rings. The summed E-state index contributed by atoms with van der Waals surface area (Å²) in [6, 6.07) is 12.0. The fraction of sp³-hybridized carbons (Fsp3) is 0.238. The summed E-state index contributed by atoms with van der Waals surface area (Å²) in [6.07, 6.45) is 0. The molecule has 0 aliphatic rings. The Kier molecular flexibility index (Phi) is 6.55. The highest BCUT2D eigenvalue weighted by Gasteiger charge is 2.18. The number of aromatic nitrogens is 1. The number of rotatable bonds is 7. The van der Waals surface area contributed by atoms with Crippen LogP contribution < -0.4 is 10.1 Å². The quantitative estimate of drug-likeness (QED) is 0.599. The van der Waals surface area contributed by atoms with Crippen molar-refractivity contribution in [2.75, 3.05) is 26.0 Å². The highest BCUT2D eigenvalue weighted by atomic mass is 32.2. The highest BCUT2D eigenvalue weighted by Crippen LogP contribution is 2.25. The fourth-order valence-electron chi connectivity index (χ4n) is 2.75. The molecule has 30 heavy (non-hydrogen) atoms. The van der Waals surface area contributed by atoms with Gasteiger partial charge in [0, 0.05) is 30.7 Å². The Morgan fingerprint density at radius 3 is 2.57 bits per heavy atom. The van der Waals surface area contributed by atoms with Crippen LogP contribution in [-0.2, 0) is 14.8 Å². The molecule has 1 heterocycles. The van der Waals surface area contributed by atoms with Crippen LogP contribution in [0.2, 0.25) is 0 Å². The lowest BCUT2D eigenvalue weighted by Gasteiger charge is -2.14. The van der Waals surface area contributed by atoms with Crippen molar-refractivity contribution < 1.29 is 17.9 Å². The fourth-order valence-corrected chi connectivity index (χ4v) is 4.36. The van der Waals surface area contributed by atoms with Gasteiger partial charge in [-0.25, -0.2) is 17.7 Å². The molecule has 158 valence electrons. The van der Waals surface area contributed by atoms with Crippen molar-refractivity contribution in [2.45, 2.75) is 18.7 Å². The third-order valence-corrected chi connectivity index (χ3v) is 6.93. The molecule has 0 saturated carbocycles. The van der Waals surface area contributed by atoms with Crippen molar-refractivity contribution in [1.82, 2.24) is 9.29 Å². The molecule has 0 atom stereocenters. The molecule has 0 saturated heterocycles. The Morgan fingerprint density at radius 1 is 1.17 bits per heavy atom. The number of sulfonamides is 1. The summed E-state index contributed by atoms with van der Waals surface area (Å²) < 4.78 is 31.2. The van der Waals surface area contributed by atoms with E-state index in [-0.39, 0.29) is 17.4 Å². The average Bonchev–Trinajstić information content (AvgIpc) is 3.13. The lowest BCUT2D eigenvalue weighted by atomic mass is 10.1. The Bertz CT molecular complexity index is 1170. The van der Waals surface area contributed by atoms with Gasteiger partial charge in [-0.05, 0) is 49.7 Å². The van der Waals surface area contributed by atoms with Crippen LogP contribution in [0.5, 0.6) is 5.75 Å². The van der Waals surface area contributed by atoms with Gasteiger partial charge in [-0.1, -0.05) is 12.1 Å². The van der Waals surface area contributed by atoms with E-state index in [0.717, 1.165) is 20.6 Å². The molecule has 1 aromatic heterocycles. The number of carbonyl (C=O) groups is 1. The van der Waals surface area contributed by atoms with Crippen LogP contribution in [0.4, 0.5) is 5.69 Å². The van der Waals surface area contributed by atoms with E-state index in [1.807, 2.05) is 30.5 Å². The molecule has 0 aliphatic heterocycles. The number of nitrogens with zero attached hydrogens (tertiary/aromatic N) is 2. The molecular formula is C21H23N3O4S2. The molecular weight excluding hydrogens is 422 g/mol. The van der Waals surface area contributed by atoms with E-state index in [4.69, 9.17) is 4.74 Å². The van der Waals surface area contributed by atoms with Crippen LogP contribution in [0.3, 0.4) is 0 Å². The van der Waals surface area contributed by atoms with E-state index in [2.05, 4.69) is 10.3 Å². The minimum Gasteiger partial charge on any atom is -0.483 e. The van der Waals surface area contributed by atoms with E-state index in [1.54, 1.807) is 30.4 Å². The molecule has 0 bridgehead atoms. The number of thiazole rings is 1. The zero-order chi connectivity index (χ0) is 21.9. The van der Waals surface area contributed by atoms with E-state index in [1.165, 1.54) is 26.2 Å². The number of benzene rings is 2. The Labute approximate surface area is 180 Å². The Morgan fingerprint density at radius 2 is 1.93 bits per heavy atom. The number of anilines is 1. The molecule has 1 N–H and O–H groups in total. The molecule has 0 unspecified atom stereocenters. The SMILES string of the molecule is Cc1nc(-c2cccc(NC(=O)COc3ccc(S(=O)(=O)N(C)C)cc3C)c2)cs1. The molecule has 2 aromatic carbocycles. The smallest absolute Gasteiger partial charge is 0.262 e. The van der Waals surface area contributed by atoms with E-state index in [9.17, 15) is 13.2 Å². The zero-order valence-corrected chi connectivity index (χ0v) is 18.8. The second kappa shape index (κ2) is 8.95. The van der Waals surface area contributed by atoms with Crippen LogP contribution in [-0.4, -0.2) is 44.3 Å². The zero-order valence-electron chi connectivity index (χ0n) is 17.2. The average molecular weight is 446 g/mol. The molecule has 3 rings (SSSR count). The number of carbonyl (C=O) groups excluding carboxylic acids is 1. The first-order valence-corrected chi connectivity index (χ1v) is 11.5. The number of hydrogen-bond donors (Lipinski definition) is 1. The first-order valence-electron chi connectivity index (χ1n) is 9.15. The van der Waals surface area contributed by atoms with Gasteiger partial charge in [0.25, 0.3) is 5.91 Å². The first-order chi connectivity index (χ1) is 14.2. The lowest BCUT2D eigenvalue weighted by molar-refractivity contribution is -0.118. The summed E-state index contributed by atoms with van der Waals surface area (Å²) >= 11 is 1.57. The summed E-state index contributed by atoms with van der Waals surface area (Å²) in [5, 5.41) is 5.76. The van der Waals surface area contributed by atoms with Crippen molar-refractivity contribution in [3.05, 3.63) is 58.4 Å². The van der Waals surface area contributed by atoms with Crippen molar-refractivity contribution in [3.8, 4) is 17.0 Å². The summed E-state index contributed by atoms with van der Waals surface area (Å²) in [7, 11) is -0.567. The molecule has 7 nitrogen and oxygen atoms in total. The third-order valence-electron chi connectivity index (χ3n) is 4.34. The minimum absolute atomic E-state index is 0.177. The Balaban J connectivity index is 1.64. The maximum atomic E-state index is 12.3. The number of hydrogen-bond acceptors (Lipinski definition) is 6. The molecule has 3 aromatic rings. The van der Waals surface area contributed by atoms with Gasteiger partial charge in [0.1, 0.15) is 5.75 Å². The summed E-state index contributed by atoms with van der Waals surface area (Å²) in [5.41, 5.74) is 3.07. The predicted octanol–water partition coefficient (Wildman–Crippen LogP) is 3.69. The lowest BCUT2D eigenvalue weighted by Crippen LogP contribution is -2.22. The van der Waals surface area contributed by atoms with Crippen LogP contribution in [0.1, 0.15) is 10.6 Å². The number of nitrogens with one attached hydrogen (secondary N) is 1. The second-order valence-corrected chi connectivity index (χ2v) is 10.1. The molecule has 0 aliphatic carbocycles. The molecule has 9 heteroatoms. The van der Waals surface area contributed by atoms with Crippen molar-refractivity contribution in [3.63, 3.8) is 0 Å². The van der Waals surface area contributed by atoms with Gasteiger partial charge < -0.3 is 10.1 Å². The monoisotopic (exact) mass is 445 g/mol. The van der Waals surface area contributed by atoms with Crippen LogP contribution in [0.15, 0.2) is 52.7 Å². The third kappa shape index (κ3) is 5.05. The number of ether oxygens (including phenoxy) is 1. The summed E-state index contributed by atoms with van der Waals surface area (Å²) in [6.45, 7) is 3.49. The van der Waals surface area contributed by atoms with E-state index >= 15 is 0 Å². The van der Waals surface area contributed by atoms with E-state index in [0.29, 0.717) is 17.0 Å². The maximum Gasteiger partial charge on any atom is 0.262 e. The molecule has 1 amide bonds. The van der Waals surface area contributed by atoms with E-state index < -0.39 is 10.0 Å². The van der Waals surface area contributed by atoms with Crippen LogP contribution in [0, 0.1) is 13.8 Å². The van der Waals surface area contributed by atoms with Gasteiger partial charge in [0.05, 0.1) is 15.6 Å². The normalized spacial score (nSPS) is 11.5. The van der Waals surface area contributed by atoms with Gasteiger partial charge in [0.15, 0.2) is 6.61 Å². The number of amides is 1. The molecule has 0 spiro atoms. The second-order valence-electron chi connectivity index (χ2n) is 6.88. The topological polar surface area (TPSA) is 88.6 Å². The highest BCUT2D eigenvalue weighted by molar-refractivity contribution is 7.89. The van der Waals surface area contributed by atoms with Gasteiger partial charge in [0.2, 0.25) is 10.0 Å². The van der Waals surface area contributed by atoms with Gasteiger partial charge >= 0.3 is 0 Å². The van der Waals surface area contributed by atoms with Crippen LogP contribution in [0.25, 0.3) is 11.3 Å². The first kappa shape index (κ1) is 21.9. The van der Waals surface area contributed by atoms with Crippen molar-refractivity contribution in [2.24, 2.45) is 0 Å². The van der Waals surface area contributed by atoms with Gasteiger partial charge in [-0.2, -0.15) is 0 Å². The summed E-state index contributed by atoms with van der Waals surface area (Å²) in [4.78, 5) is 16.9. The largest absolute Gasteiger partial charge is 0.483 e.